The third kappa shape index (κ3) is 16.8. The first-order valence-corrected chi connectivity index (χ1v) is 27.7. The zero-order valence-corrected chi connectivity index (χ0v) is 48.6. The number of ether oxygens (including phenoxy) is 3. The maximum absolute atomic E-state index is 15.0. The van der Waals surface area contributed by atoms with Crippen molar-refractivity contribution < 1.29 is 72.4 Å². The Morgan fingerprint density at radius 1 is 0.899 bits per heavy atom. The first-order valence-electron chi connectivity index (χ1n) is 27.7. The number of carbonyl (C=O) groups is 10. The van der Waals surface area contributed by atoms with Crippen molar-refractivity contribution in [2.24, 2.45) is 29.6 Å². The van der Waals surface area contributed by atoms with Gasteiger partial charge in [-0.05, 0) is 87.8 Å². The molecule has 22 heteroatoms. The number of amides is 7. The van der Waals surface area contributed by atoms with Crippen molar-refractivity contribution in [2.45, 2.75) is 188 Å². The number of benzene rings is 1. The highest BCUT2D eigenvalue weighted by Gasteiger charge is 2.45. The van der Waals surface area contributed by atoms with Gasteiger partial charge in [0, 0.05) is 33.6 Å². The van der Waals surface area contributed by atoms with Gasteiger partial charge in [-0.2, -0.15) is 0 Å². The molecule has 3 heterocycles. The number of hydrogen-bond acceptors (Lipinski definition) is 15. The fourth-order valence-corrected chi connectivity index (χ4v) is 10.2. The first-order chi connectivity index (χ1) is 37.0. The lowest BCUT2D eigenvalue weighted by Crippen LogP contribution is -2.62. The predicted molar refractivity (Wildman–Crippen MR) is 290 cm³/mol. The average Bonchev–Trinajstić information content (AvgIpc) is 4.13. The van der Waals surface area contributed by atoms with E-state index in [1.54, 1.807) is 58.0 Å². The zero-order valence-electron chi connectivity index (χ0n) is 48.6. The molecular weight excluding hydrogens is 1020 g/mol. The second kappa shape index (κ2) is 29.2. The van der Waals surface area contributed by atoms with Crippen molar-refractivity contribution in [1.82, 2.24) is 35.6 Å². The Bertz CT molecular complexity index is 2380. The smallest absolute Gasteiger partial charge is 0.329 e. The molecule has 0 bridgehead atoms. The molecule has 0 unspecified atom stereocenters. The van der Waals surface area contributed by atoms with Crippen LogP contribution in [0.1, 0.15) is 120 Å². The average molecular weight is 1110 g/mol. The summed E-state index contributed by atoms with van der Waals surface area (Å²) in [6, 6.07) is -2.45. The van der Waals surface area contributed by atoms with Gasteiger partial charge in [0.2, 0.25) is 35.4 Å². The van der Waals surface area contributed by atoms with Gasteiger partial charge in [0.05, 0.1) is 31.6 Å². The van der Waals surface area contributed by atoms with Crippen LogP contribution >= 0.6 is 0 Å². The van der Waals surface area contributed by atoms with E-state index >= 15 is 0 Å². The molecule has 0 aliphatic carbocycles. The number of ketones is 1. The Labute approximate surface area is 465 Å². The highest BCUT2D eigenvalue weighted by molar-refractivity contribution is 6.05. The SMILES string of the molecule is CC[C@H](C)[C@H]1NC(=O)[C@@H](NC(=O)[C@@H](CC(C)C)N(C)C(=O)[C@@H]2C=CCN2C(=O)[C@@H](C)O)[C@@H](C)OC(=O)[C@H](Cc2ccc(OC)cc2)N(C)C(=O)[C@@H]2CCCN2C(=O)[C@H](CC(C)C)NC(=O)[C@@H](C)C(=O)[C@H](C(C)C)OC(=O)C[C@@H]1O. The number of methoxy groups -OCH3 is 1. The van der Waals surface area contributed by atoms with E-state index in [1.807, 2.05) is 27.7 Å². The molecule has 0 spiro atoms. The minimum atomic E-state index is -1.78. The van der Waals surface area contributed by atoms with E-state index < -0.39 is 150 Å². The first kappa shape index (κ1) is 65.1. The van der Waals surface area contributed by atoms with Crippen LogP contribution in [0, 0.1) is 29.6 Å². The summed E-state index contributed by atoms with van der Waals surface area (Å²) in [6.45, 7) is 18.1. The normalized spacial score (nSPS) is 27.5. The summed E-state index contributed by atoms with van der Waals surface area (Å²) in [6.07, 6.45) is -2.77. The second-order valence-corrected chi connectivity index (χ2v) is 22.6. The summed E-state index contributed by atoms with van der Waals surface area (Å²) < 4.78 is 17.2. The van der Waals surface area contributed by atoms with Crippen LogP contribution in [0.4, 0.5) is 0 Å². The predicted octanol–water partition coefficient (Wildman–Crippen LogP) is 2.09. The molecule has 5 N–H and O–H groups in total. The highest BCUT2D eigenvalue weighted by Crippen LogP contribution is 2.27. The number of cyclic esters (lactones) is 2. The van der Waals surface area contributed by atoms with Crippen LogP contribution in [0.15, 0.2) is 36.4 Å². The molecule has 2 fully saturated rings. The highest BCUT2D eigenvalue weighted by atomic mass is 16.6. The van der Waals surface area contributed by atoms with Crippen LogP contribution in [-0.2, 0) is 63.8 Å². The maximum atomic E-state index is 15.0. The number of aliphatic hydroxyl groups is 2. The zero-order chi connectivity index (χ0) is 59.3. The van der Waals surface area contributed by atoms with Crippen molar-refractivity contribution in [1.29, 1.82) is 0 Å². The van der Waals surface area contributed by atoms with Crippen molar-refractivity contribution in [2.75, 3.05) is 34.3 Å². The van der Waals surface area contributed by atoms with Crippen LogP contribution in [0.5, 0.6) is 5.75 Å². The largest absolute Gasteiger partial charge is 0.497 e. The monoisotopic (exact) mass is 1110 g/mol. The van der Waals surface area contributed by atoms with Crippen LogP contribution in [0.25, 0.3) is 0 Å². The molecule has 1 aromatic carbocycles. The Balaban J connectivity index is 1.89. The molecule has 79 heavy (non-hydrogen) atoms. The van der Waals surface area contributed by atoms with Crippen LogP contribution in [0.3, 0.4) is 0 Å². The van der Waals surface area contributed by atoms with Crippen molar-refractivity contribution in [3.8, 4) is 5.75 Å². The topological polar surface area (TPSA) is 288 Å². The molecule has 3 aliphatic heterocycles. The molecular formula is C57H87N7O15. The fourth-order valence-electron chi connectivity index (χ4n) is 10.2. The van der Waals surface area contributed by atoms with E-state index in [4.69, 9.17) is 14.2 Å². The van der Waals surface area contributed by atoms with Gasteiger partial charge < -0.3 is 60.0 Å². The molecule has 0 saturated carbocycles. The minimum Gasteiger partial charge on any atom is -0.497 e. The number of esters is 2. The van der Waals surface area contributed by atoms with Gasteiger partial charge in [-0.3, -0.25) is 43.2 Å². The summed E-state index contributed by atoms with van der Waals surface area (Å²) in [7, 11) is 4.25. The van der Waals surface area contributed by atoms with Gasteiger partial charge in [0.1, 0.15) is 54.2 Å². The lowest BCUT2D eigenvalue weighted by molar-refractivity contribution is -0.163. The number of aliphatic hydroxyl groups excluding tert-OH is 2. The lowest BCUT2D eigenvalue weighted by atomic mass is 9.91. The molecule has 0 aromatic heterocycles. The molecule has 3 aliphatic rings. The van der Waals surface area contributed by atoms with Gasteiger partial charge in [0.15, 0.2) is 11.9 Å². The minimum absolute atomic E-state index is 0.0330. The number of carbonyl (C=O) groups excluding carboxylic acids is 10. The summed E-state index contributed by atoms with van der Waals surface area (Å²) in [5, 5.41) is 30.2. The van der Waals surface area contributed by atoms with Gasteiger partial charge in [-0.25, -0.2) is 4.79 Å². The third-order valence-corrected chi connectivity index (χ3v) is 15.2. The molecule has 2 saturated heterocycles. The van der Waals surface area contributed by atoms with Gasteiger partial charge in [-0.1, -0.05) is 86.1 Å². The van der Waals surface area contributed by atoms with Crippen molar-refractivity contribution in [3.63, 3.8) is 0 Å². The van der Waals surface area contributed by atoms with Crippen molar-refractivity contribution in [3.05, 3.63) is 42.0 Å². The maximum Gasteiger partial charge on any atom is 0.329 e. The van der Waals surface area contributed by atoms with E-state index in [0.717, 1.165) is 4.90 Å². The van der Waals surface area contributed by atoms with E-state index in [9.17, 15) is 58.2 Å². The Hall–Kier alpha value is -6.42. The molecule has 440 valence electrons. The molecule has 22 nitrogen and oxygen atoms in total. The standard InChI is InChI=1S/C57H87N7O15/c1-15-33(8)46-44(66)29-45(67)79-49(32(6)7)48(68)34(9)50(69)58-39(26-30(2)3)54(73)64-25-17-19-41(64)56(75)62(13)43(28-37-20-22-38(77-14)23-21-37)57(76)78-36(11)47(52(71)59-46)60-51(70)42(27-31(4)5)61(12)55(74)40-18-16-24-63(40)53(72)35(10)65/h16,18,20-23,30-36,39-44,46-47,49,65-66H,15,17,19,24-29H2,1-14H3,(H,58,69)(H,59,71)(H,60,70)/t33-,34-,35+,36+,39-,40-,41-,42+,43-,44-,46+,47-,49-/m0/s1. The number of likely N-dealkylation sites (N-methyl/N-ethyl adjacent to an activating group) is 2. The van der Waals surface area contributed by atoms with Crippen molar-refractivity contribution >= 4 is 59.1 Å². The van der Waals surface area contributed by atoms with Gasteiger partial charge >= 0.3 is 11.9 Å². The van der Waals surface area contributed by atoms with E-state index in [2.05, 4.69) is 16.0 Å². The van der Waals surface area contributed by atoms with Gasteiger partial charge in [-0.15, -0.1) is 0 Å². The number of nitrogens with zero attached hydrogens (tertiary/aromatic N) is 4. The van der Waals surface area contributed by atoms with E-state index in [-0.39, 0.29) is 50.6 Å². The molecule has 0 radical (unpaired) electrons. The number of hydrogen-bond donors (Lipinski definition) is 5. The third-order valence-electron chi connectivity index (χ3n) is 15.2. The molecule has 7 amide bonds. The number of fused-ring (bicyclic) bond motifs is 1. The number of Topliss-reactive ketones (excluding diaryl/α,β-unsaturated/α-hetero) is 1. The Kier molecular flexibility index (Phi) is 24.0. The summed E-state index contributed by atoms with van der Waals surface area (Å²) in [5.41, 5.74) is 0.566. The quantitative estimate of drug-likeness (QED) is 0.0955. The Morgan fingerprint density at radius 2 is 1.54 bits per heavy atom. The molecule has 1 aromatic rings. The van der Waals surface area contributed by atoms with Crippen LogP contribution < -0.4 is 20.7 Å². The summed E-state index contributed by atoms with van der Waals surface area (Å²) >= 11 is 0. The van der Waals surface area contributed by atoms with E-state index in [0.29, 0.717) is 24.2 Å². The van der Waals surface area contributed by atoms with Gasteiger partial charge in [0.25, 0.3) is 5.91 Å². The number of rotatable bonds is 15. The molecule has 4 rings (SSSR count). The fraction of sp³-hybridized carbons (Fsp3) is 0.684. The summed E-state index contributed by atoms with van der Waals surface area (Å²) in [4.78, 5) is 148. The summed E-state index contributed by atoms with van der Waals surface area (Å²) in [5.74, 6) is -10.5. The van der Waals surface area contributed by atoms with Crippen LogP contribution in [0.2, 0.25) is 0 Å². The van der Waals surface area contributed by atoms with E-state index in [1.165, 1.54) is 62.8 Å². The lowest BCUT2D eigenvalue weighted by Gasteiger charge is -2.36. The number of nitrogens with one attached hydrogen (secondary N) is 3. The molecule has 13 atom stereocenters. The Morgan fingerprint density at radius 3 is 2.11 bits per heavy atom. The van der Waals surface area contributed by atoms with Crippen LogP contribution in [-0.4, -0.2) is 190 Å². The second-order valence-electron chi connectivity index (χ2n) is 22.6.